The van der Waals surface area contributed by atoms with Gasteiger partial charge in [0, 0.05) is 12.0 Å². The highest BCUT2D eigenvalue weighted by molar-refractivity contribution is 5.06. The molecule has 0 aromatic rings. The molecule has 1 saturated carbocycles. The third-order valence-electron chi connectivity index (χ3n) is 4.19. The van der Waals surface area contributed by atoms with Crippen LogP contribution >= 0.6 is 0 Å². The summed E-state index contributed by atoms with van der Waals surface area (Å²) in [6.07, 6.45) is 4.46. The first-order valence-electron chi connectivity index (χ1n) is 7.53. The number of likely N-dealkylation sites (tertiary alicyclic amines) is 1. The summed E-state index contributed by atoms with van der Waals surface area (Å²) in [7, 11) is 0. The van der Waals surface area contributed by atoms with Crippen molar-refractivity contribution in [3.05, 3.63) is 0 Å². The standard InChI is InChI=1S/C16H31NO/c1-14(2,3)13(18-15(4,5)6)16(8-9-16)12-17-10-7-11-17/h13H,7-12H2,1-6H3. The first-order valence-corrected chi connectivity index (χ1v) is 7.53. The fourth-order valence-corrected chi connectivity index (χ4v) is 3.22. The van der Waals surface area contributed by atoms with Crippen molar-refractivity contribution in [2.45, 2.75) is 72.5 Å². The van der Waals surface area contributed by atoms with Gasteiger partial charge in [0.1, 0.15) is 0 Å². The van der Waals surface area contributed by atoms with Crippen LogP contribution in [-0.2, 0) is 4.74 Å². The Balaban J connectivity index is 2.08. The molecule has 1 aliphatic heterocycles. The lowest BCUT2D eigenvalue weighted by molar-refractivity contribution is -0.144. The molecule has 1 unspecified atom stereocenters. The van der Waals surface area contributed by atoms with Crippen LogP contribution in [0.25, 0.3) is 0 Å². The minimum absolute atomic E-state index is 0.0392. The predicted octanol–water partition coefficient (Wildman–Crippen LogP) is 3.70. The summed E-state index contributed by atoms with van der Waals surface area (Å²) in [4.78, 5) is 2.61. The zero-order valence-corrected chi connectivity index (χ0v) is 13.2. The number of hydrogen-bond donors (Lipinski definition) is 0. The van der Waals surface area contributed by atoms with Crippen LogP contribution in [0, 0.1) is 10.8 Å². The fraction of sp³-hybridized carbons (Fsp3) is 1.00. The molecule has 0 aromatic heterocycles. The second kappa shape index (κ2) is 4.49. The smallest absolute Gasteiger partial charge is 0.0698 e. The van der Waals surface area contributed by atoms with Crippen LogP contribution in [0.3, 0.4) is 0 Å². The maximum Gasteiger partial charge on any atom is 0.0698 e. The van der Waals surface area contributed by atoms with E-state index in [0.717, 1.165) is 0 Å². The summed E-state index contributed by atoms with van der Waals surface area (Å²) in [6, 6.07) is 0. The summed E-state index contributed by atoms with van der Waals surface area (Å²) in [6.45, 7) is 17.4. The van der Waals surface area contributed by atoms with Gasteiger partial charge in [-0.15, -0.1) is 0 Å². The van der Waals surface area contributed by atoms with Gasteiger partial charge < -0.3 is 9.64 Å². The molecule has 0 N–H and O–H groups in total. The Hall–Kier alpha value is -0.0800. The Bertz CT molecular complexity index is 289. The maximum atomic E-state index is 6.47. The number of ether oxygens (including phenoxy) is 1. The summed E-state index contributed by atoms with van der Waals surface area (Å²) < 4.78 is 6.47. The van der Waals surface area contributed by atoms with E-state index >= 15 is 0 Å². The molecule has 1 heterocycles. The van der Waals surface area contributed by atoms with E-state index in [2.05, 4.69) is 46.4 Å². The van der Waals surface area contributed by atoms with Crippen LogP contribution in [-0.4, -0.2) is 36.2 Å². The topological polar surface area (TPSA) is 12.5 Å². The first kappa shape index (κ1) is 14.3. The number of rotatable bonds is 4. The van der Waals surface area contributed by atoms with Crippen molar-refractivity contribution in [3.8, 4) is 0 Å². The van der Waals surface area contributed by atoms with E-state index in [9.17, 15) is 0 Å². The number of nitrogens with zero attached hydrogens (tertiary/aromatic N) is 1. The largest absolute Gasteiger partial charge is 0.371 e. The first-order chi connectivity index (χ1) is 8.12. The molecule has 2 nitrogen and oxygen atoms in total. The van der Waals surface area contributed by atoms with Crippen molar-refractivity contribution < 1.29 is 4.74 Å². The summed E-state index contributed by atoms with van der Waals surface area (Å²) in [5.74, 6) is 0. The molecular formula is C16H31NO. The molecule has 0 aromatic carbocycles. The van der Waals surface area contributed by atoms with E-state index in [4.69, 9.17) is 4.74 Å². The van der Waals surface area contributed by atoms with Crippen molar-refractivity contribution in [1.82, 2.24) is 4.90 Å². The zero-order valence-electron chi connectivity index (χ0n) is 13.2. The molecule has 1 saturated heterocycles. The van der Waals surface area contributed by atoms with Gasteiger partial charge in [-0.25, -0.2) is 0 Å². The van der Waals surface area contributed by atoms with Crippen LogP contribution in [0.2, 0.25) is 0 Å². The van der Waals surface area contributed by atoms with Crippen molar-refractivity contribution in [3.63, 3.8) is 0 Å². The van der Waals surface area contributed by atoms with Crippen molar-refractivity contribution in [1.29, 1.82) is 0 Å². The van der Waals surface area contributed by atoms with Gasteiger partial charge in [0.15, 0.2) is 0 Å². The molecule has 106 valence electrons. The number of hydrogen-bond acceptors (Lipinski definition) is 2. The van der Waals surface area contributed by atoms with E-state index < -0.39 is 0 Å². The van der Waals surface area contributed by atoms with Crippen LogP contribution < -0.4 is 0 Å². The minimum Gasteiger partial charge on any atom is -0.371 e. The second-order valence-corrected chi connectivity index (χ2v) is 8.47. The highest BCUT2D eigenvalue weighted by atomic mass is 16.5. The average Bonchev–Trinajstić information content (AvgIpc) is 2.85. The monoisotopic (exact) mass is 253 g/mol. The normalized spacial score (nSPS) is 25.7. The Morgan fingerprint density at radius 1 is 1.06 bits per heavy atom. The van der Waals surface area contributed by atoms with Gasteiger partial charge in [-0.3, -0.25) is 0 Å². The molecule has 0 bridgehead atoms. The van der Waals surface area contributed by atoms with Gasteiger partial charge in [-0.05, 0) is 58.5 Å². The highest BCUT2D eigenvalue weighted by Gasteiger charge is 2.55. The van der Waals surface area contributed by atoms with Gasteiger partial charge in [-0.2, -0.15) is 0 Å². The van der Waals surface area contributed by atoms with E-state index in [0.29, 0.717) is 11.5 Å². The molecule has 1 atom stereocenters. The molecule has 0 amide bonds. The molecular weight excluding hydrogens is 222 g/mol. The summed E-state index contributed by atoms with van der Waals surface area (Å²) in [5, 5.41) is 0. The Kier molecular flexibility index (Phi) is 3.57. The summed E-state index contributed by atoms with van der Waals surface area (Å²) in [5.41, 5.74) is 0.628. The van der Waals surface area contributed by atoms with E-state index in [-0.39, 0.29) is 11.0 Å². The van der Waals surface area contributed by atoms with Gasteiger partial charge in [0.05, 0.1) is 11.7 Å². The fourth-order valence-electron chi connectivity index (χ4n) is 3.22. The van der Waals surface area contributed by atoms with Crippen LogP contribution in [0.4, 0.5) is 0 Å². The molecule has 2 rings (SSSR count). The Morgan fingerprint density at radius 3 is 1.89 bits per heavy atom. The molecule has 2 aliphatic rings. The zero-order chi connectivity index (χ0) is 13.6. The van der Waals surface area contributed by atoms with Crippen LogP contribution in [0.15, 0.2) is 0 Å². The van der Waals surface area contributed by atoms with E-state index in [1.54, 1.807) is 0 Å². The lowest BCUT2D eigenvalue weighted by Gasteiger charge is -2.44. The van der Waals surface area contributed by atoms with Gasteiger partial charge >= 0.3 is 0 Å². The van der Waals surface area contributed by atoms with Crippen molar-refractivity contribution in [2.24, 2.45) is 10.8 Å². The maximum absolute atomic E-state index is 6.47. The van der Waals surface area contributed by atoms with E-state index in [1.807, 2.05) is 0 Å². The van der Waals surface area contributed by atoms with Gasteiger partial charge in [0.2, 0.25) is 0 Å². The lowest BCUT2D eigenvalue weighted by atomic mass is 9.78. The van der Waals surface area contributed by atoms with Crippen molar-refractivity contribution >= 4 is 0 Å². The van der Waals surface area contributed by atoms with Crippen LogP contribution in [0.5, 0.6) is 0 Å². The Morgan fingerprint density at radius 2 is 1.61 bits per heavy atom. The molecule has 2 heteroatoms. The minimum atomic E-state index is -0.0392. The quantitative estimate of drug-likeness (QED) is 0.757. The van der Waals surface area contributed by atoms with Crippen LogP contribution in [0.1, 0.15) is 60.8 Å². The van der Waals surface area contributed by atoms with Crippen molar-refractivity contribution in [2.75, 3.05) is 19.6 Å². The van der Waals surface area contributed by atoms with E-state index in [1.165, 1.54) is 38.9 Å². The SMILES string of the molecule is CC(C)(C)OC(C(C)(C)C)C1(CN2CCC2)CC1. The third-order valence-corrected chi connectivity index (χ3v) is 4.19. The molecule has 18 heavy (non-hydrogen) atoms. The Labute approximate surface area is 113 Å². The molecule has 2 fully saturated rings. The second-order valence-electron chi connectivity index (χ2n) is 8.47. The average molecular weight is 253 g/mol. The molecule has 0 spiro atoms. The lowest BCUT2D eigenvalue weighted by Crippen LogP contribution is -2.50. The highest BCUT2D eigenvalue weighted by Crippen LogP contribution is 2.56. The predicted molar refractivity (Wildman–Crippen MR) is 76.8 cm³/mol. The molecule has 0 radical (unpaired) electrons. The van der Waals surface area contributed by atoms with Gasteiger partial charge in [-0.1, -0.05) is 20.8 Å². The summed E-state index contributed by atoms with van der Waals surface area (Å²) >= 11 is 0. The third kappa shape index (κ3) is 3.27. The molecule has 1 aliphatic carbocycles. The van der Waals surface area contributed by atoms with Gasteiger partial charge in [0.25, 0.3) is 0 Å².